The van der Waals surface area contributed by atoms with Gasteiger partial charge in [-0.25, -0.2) is 12.7 Å². The molecule has 0 heterocycles. The van der Waals surface area contributed by atoms with Gasteiger partial charge < -0.3 is 10.1 Å². The number of Topliss-reactive ketones (excluding diaryl/α,β-unsaturated/α-hetero) is 1. The van der Waals surface area contributed by atoms with Gasteiger partial charge in [0.15, 0.2) is 5.78 Å². The van der Waals surface area contributed by atoms with Gasteiger partial charge in [-0.2, -0.15) is 0 Å². The molecule has 0 saturated carbocycles. The monoisotopic (exact) mass is 362 g/mol. The maximum Gasteiger partial charge on any atom is 0.242 e. The first kappa shape index (κ1) is 19.0. The molecule has 6 nitrogen and oxygen atoms in total. The molecule has 0 aliphatic heterocycles. The van der Waals surface area contributed by atoms with Crippen LogP contribution in [0.25, 0.3) is 0 Å². The van der Waals surface area contributed by atoms with Gasteiger partial charge in [-0.3, -0.25) is 4.79 Å². The van der Waals surface area contributed by atoms with Crippen molar-refractivity contribution >= 4 is 21.5 Å². The highest BCUT2D eigenvalue weighted by molar-refractivity contribution is 7.89. The van der Waals surface area contributed by atoms with E-state index >= 15 is 0 Å². The van der Waals surface area contributed by atoms with E-state index in [9.17, 15) is 13.2 Å². The lowest BCUT2D eigenvalue weighted by molar-refractivity contribution is 0.101. The first-order valence-corrected chi connectivity index (χ1v) is 9.31. The molecule has 2 rings (SSSR count). The molecule has 7 heteroatoms. The summed E-state index contributed by atoms with van der Waals surface area (Å²) < 4.78 is 30.8. The fourth-order valence-electron chi connectivity index (χ4n) is 2.16. The Morgan fingerprint density at radius 3 is 2.40 bits per heavy atom. The molecular weight excluding hydrogens is 340 g/mol. The quantitative estimate of drug-likeness (QED) is 0.731. The maximum atomic E-state index is 12.3. The van der Waals surface area contributed by atoms with Crippen LogP contribution in [-0.2, 0) is 10.0 Å². The Labute approximate surface area is 148 Å². The number of benzene rings is 2. The molecule has 2 aromatic rings. The van der Waals surface area contributed by atoms with Crippen molar-refractivity contribution in [2.45, 2.75) is 11.8 Å². The smallest absolute Gasteiger partial charge is 0.242 e. The van der Waals surface area contributed by atoms with E-state index in [0.29, 0.717) is 12.2 Å². The zero-order valence-corrected chi connectivity index (χ0v) is 15.3. The molecule has 0 aliphatic rings. The van der Waals surface area contributed by atoms with E-state index in [1.165, 1.54) is 26.2 Å². The van der Waals surface area contributed by atoms with E-state index in [4.69, 9.17) is 4.74 Å². The van der Waals surface area contributed by atoms with Gasteiger partial charge in [-0.15, -0.1) is 0 Å². The van der Waals surface area contributed by atoms with Crippen molar-refractivity contribution in [1.82, 2.24) is 4.31 Å². The molecule has 0 bridgehead atoms. The topological polar surface area (TPSA) is 75.7 Å². The Morgan fingerprint density at radius 2 is 1.80 bits per heavy atom. The summed E-state index contributed by atoms with van der Waals surface area (Å²) in [6.45, 7) is 2.58. The molecule has 0 amide bonds. The van der Waals surface area contributed by atoms with Crippen molar-refractivity contribution in [2.75, 3.05) is 32.6 Å². The molecule has 1 N–H and O–H groups in total. The summed E-state index contributed by atoms with van der Waals surface area (Å²) in [5.41, 5.74) is 1.13. The highest BCUT2D eigenvalue weighted by Gasteiger charge is 2.18. The van der Waals surface area contributed by atoms with E-state index in [1.807, 2.05) is 31.2 Å². The Bertz CT molecular complexity index is 830. The highest BCUT2D eigenvalue weighted by atomic mass is 32.2. The second kappa shape index (κ2) is 8.13. The van der Waals surface area contributed by atoms with Crippen LogP contribution in [0.1, 0.15) is 17.3 Å². The van der Waals surface area contributed by atoms with E-state index in [-0.39, 0.29) is 17.2 Å². The molecule has 0 unspecified atom stereocenters. The number of carbonyl (C=O) groups excluding carboxylic acids is 1. The van der Waals surface area contributed by atoms with Gasteiger partial charge in [0.2, 0.25) is 10.0 Å². The normalized spacial score (nSPS) is 11.4. The first-order valence-electron chi connectivity index (χ1n) is 7.87. The van der Waals surface area contributed by atoms with Gasteiger partial charge in [0.25, 0.3) is 0 Å². The van der Waals surface area contributed by atoms with Crippen LogP contribution in [0.4, 0.5) is 5.69 Å². The number of ketones is 1. The molecule has 0 atom stereocenters. The van der Waals surface area contributed by atoms with Crippen LogP contribution in [0.5, 0.6) is 5.75 Å². The minimum atomic E-state index is -3.56. The van der Waals surface area contributed by atoms with Gasteiger partial charge in [0.05, 0.1) is 18.0 Å². The van der Waals surface area contributed by atoms with Crippen LogP contribution in [0.15, 0.2) is 53.4 Å². The summed E-state index contributed by atoms with van der Waals surface area (Å²) >= 11 is 0. The minimum absolute atomic E-state index is 0.0689. The lowest BCUT2D eigenvalue weighted by Gasteiger charge is -2.12. The molecule has 25 heavy (non-hydrogen) atoms. The summed E-state index contributed by atoms with van der Waals surface area (Å²) in [6.07, 6.45) is 0. The molecule has 2 aromatic carbocycles. The summed E-state index contributed by atoms with van der Waals surface area (Å²) in [7, 11) is -0.652. The van der Waals surface area contributed by atoms with E-state index in [1.54, 1.807) is 12.1 Å². The van der Waals surface area contributed by atoms with Crippen molar-refractivity contribution in [2.24, 2.45) is 0 Å². The second-order valence-corrected chi connectivity index (χ2v) is 7.70. The largest absolute Gasteiger partial charge is 0.494 e. The van der Waals surface area contributed by atoms with Gasteiger partial charge in [-0.1, -0.05) is 12.1 Å². The fraction of sp³-hybridized carbons (Fsp3) is 0.278. The van der Waals surface area contributed by atoms with Crippen LogP contribution in [0, 0.1) is 0 Å². The van der Waals surface area contributed by atoms with Crippen molar-refractivity contribution in [3.05, 3.63) is 54.1 Å². The lowest BCUT2D eigenvalue weighted by atomic mass is 10.1. The van der Waals surface area contributed by atoms with Crippen molar-refractivity contribution < 1.29 is 17.9 Å². The number of anilines is 1. The number of hydrogen-bond donors (Lipinski definition) is 1. The predicted octanol–water partition coefficient (Wildman–Crippen LogP) is 2.63. The van der Waals surface area contributed by atoms with E-state index in [2.05, 4.69) is 5.32 Å². The number of ether oxygens (including phenoxy) is 1. The zero-order valence-electron chi connectivity index (χ0n) is 14.5. The van der Waals surface area contributed by atoms with Crippen molar-refractivity contribution in [1.29, 1.82) is 0 Å². The predicted molar refractivity (Wildman–Crippen MR) is 97.7 cm³/mol. The van der Waals surface area contributed by atoms with Gasteiger partial charge >= 0.3 is 0 Å². The fourth-order valence-corrected chi connectivity index (χ4v) is 3.11. The summed E-state index contributed by atoms with van der Waals surface area (Å²) in [5.74, 6) is 0.575. The molecule has 0 radical (unpaired) electrons. The Balaban J connectivity index is 2.06. The summed E-state index contributed by atoms with van der Waals surface area (Å²) in [4.78, 5) is 12.4. The maximum absolute atomic E-state index is 12.3. The molecule has 0 aromatic heterocycles. The van der Waals surface area contributed by atoms with Crippen LogP contribution in [0.2, 0.25) is 0 Å². The Kier molecular flexibility index (Phi) is 6.17. The third-order valence-corrected chi connectivity index (χ3v) is 5.36. The number of nitrogens with zero attached hydrogens (tertiary/aromatic N) is 1. The average Bonchev–Trinajstić information content (AvgIpc) is 2.61. The molecule has 0 saturated heterocycles. The van der Waals surface area contributed by atoms with Crippen molar-refractivity contribution in [3.63, 3.8) is 0 Å². The number of sulfonamides is 1. The van der Waals surface area contributed by atoms with Crippen LogP contribution < -0.4 is 10.1 Å². The molecule has 134 valence electrons. The Morgan fingerprint density at radius 1 is 1.12 bits per heavy atom. The van der Waals surface area contributed by atoms with Gasteiger partial charge in [0, 0.05) is 25.3 Å². The number of rotatable bonds is 8. The average molecular weight is 362 g/mol. The van der Waals surface area contributed by atoms with Crippen molar-refractivity contribution in [3.8, 4) is 5.75 Å². The van der Waals surface area contributed by atoms with Gasteiger partial charge in [-0.05, 0) is 43.3 Å². The standard InChI is InChI=1S/C18H22N2O4S/c1-4-24-16-10-8-15(9-11-16)19-13-18(21)14-6-5-7-17(12-14)25(22,23)20(2)3/h5-12,19H,4,13H2,1-3H3. The number of carbonyl (C=O) groups is 1. The van der Waals surface area contributed by atoms with Gasteiger partial charge in [0.1, 0.15) is 5.75 Å². The van der Waals surface area contributed by atoms with Crippen LogP contribution in [0.3, 0.4) is 0 Å². The SMILES string of the molecule is CCOc1ccc(NCC(=O)c2cccc(S(=O)(=O)N(C)C)c2)cc1. The summed E-state index contributed by atoms with van der Waals surface area (Å²) in [6, 6.07) is 13.3. The Hall–Kier alpha value is -2.38. The second-order valence-electron chi connectivity index (χ2n) is 5.55. The first-order chi connectivity index (χ1) is 11.8. The highest BCUT2D eigenvalue weighted by Crippen LogP contribution is 2.17. The minimum Gasteiger partial charge on any atom is -0.494 e. The molecule has 0 fully saturated rings. The molecular formula is C18H22N2O4S. The third kappa shape index (κ3) is 4.80. The third-order valence-electron chi connectivity index (χ3n) is 3.55. The number of nitrogens with one attached hydrogen (secondary N) is 1. The van der Waals surface area contributed by atoms with E-state index < -0.39 is 10.0 Å². The van der Waals surface area contributed by atoms with Crippen LogP contribution >= 0.6 is 0 Å². The molecule has 0 spiro atoms. The number of hydrogen-bond acceptors (Lipinski definition) is 5. The van der Waals surface area contributed by atoms with E-state index in [0.717, 1.165) is 15.7 Å². The van der Waals surface area contributed by atoms with Crippen LogP contribution in [-0.4, -0.2) is 45.8 Å². The zero-order chi connectivity index (χ0) is 18.4. The molecule has 0 aliphatic carbocycles. The summed E-state index contributed by atoms with van der Waals surface area (Å²) in [5, 5.41) is 3.03. The lowest BCUT2D eigenvalue weighted by Crippen LogP contribution is -2.22.